The Balaban J connectivity index is 1.68. The van der Waals surface area contributed by atoms with Crippen LogP contribution in [-0.4, -0.2) is 71.2 Å². The normalized spacial score (nSPS) is 24.1. The molecule has 1 amide bonds. The van der Waals surface area contributed by atoms with Crippen molar-refractivity contribution in [1.29, 1.82) is 0 Å². The number of piperidine rings is 1. The van der Waals surface area contributed by atoms with Gasteiger partial charge in [-0.05, 0) is 40.5 Å². The molecule has 9 heteroatoms. The lowest BCUT2D eigenvalue weighted by Gasteiger charge is -2.37. The van der Waals surface area contributed by atoms with E-state index in [0.717, 1.165) is 24.8 Å². The number of carbonyl (C=O) groups is 1. The topological polar surface area (TPSA) is 67.8 Å². The molecule has 2 aliphatic heterocycles. The molecule has 7 nitrogen and oxygen atoms in total. The van der Waals surface area contributed by atoms with Crippen LogP contribution in [0.15, 0.2) is 12.4 Å². The number of hydrogen-bond donors (Lipinski definition) is 0. The third kappa shape index (κ3) is 4.07. The maximum atomic E-state index is 11.9. The Labute approximate surface area is 166 Å². The Morgan fingerprint density at radius 1 is 1.30 bits per heavy atom. The highest BCUT2D eigenvalue weighted by molar-refractivity contribution is 6.61. The molecule has 0 radical (unpaired) electrons. The van der Waals surface area contributed by atoms with Crippen LogP contribution in [0.2, 0.25) is 0 Å². The number of hydrogen-bond acceptors (Lipinski definition) is 6. The summed E-state index contributed by atoms with van der Waals surface area (Å²) in [5, 5.41) is 0. The van der Waals surface area contributed by atoms with Crippen molar-refractivity contribution in [2.45, 2.75) is 57.8 Å². The number of alkyl halides is 1. The van der Waals surface area contributed by atoms with Gasteiger partial charge in [0.1, 0.15) is 5.88 Å². The molecule has 0 saturated carbocycles. The van der Waals surface area contributed by atoms with E-state index < -0.39 is 18.3 Å². The van der Waals surface area contributed by atoms with Crippen LogP contribution in [0.4, 0.5) is 5.95 Å². The Bertz CT molecular complexity index is 670. The fourth-order valence-corrected chi connectivity index (χ4v) is 3.53. The smallest absolute Gasteiger partial charge is 0.399 e. The lowest BCUT2D eigenvalue weighted by atomic mass is 9.81. The predicted octanol–water partition coefficient (Wildman–Crippen LogP) is 1.44. The molecule has 1 atom stereocenters. The molecule has 0 aliphatic carbocycles. The Morgan fingerprint density at radius 3 is 2.44 bits per heavy atom. The van der Waals surface area contributed by atoms with Crippen LogP contribution in [0.5, 0.6) is 0 Å². The second-order valence-corrected chi connectivity index (χ2v) is 8.55. The molecular formula is C18H28BClN4O3. The summed E-state index contributed by atoms with van der Waals surface area (Å²) in [4.78, 5) is 24.7. The van der Waals surface area contributed by atoms with Gasteiger partial charge in [0.2, 0.25) is 11.9 Å². The molecular weight excluding hydrogens is 366 g/mol. The number of likely N-dealkylation sites (N-methyl/N-ethyl adjacent to an activating group) is 1. The van der Waals surface area contributed by atoms with E-state index in [9.17, 15) is 4.79 Å². The van der Waals surface area contributed by atoms with E-state index in [1.54, 1.807) is 12.4 Å². The monoisotopic (exact) mass is 394 g/mol. The molecule has 2 fully saturated rings. The Kier molecular flexibility index (Phi) is 5.70. The van der Waals surface area contributed by atoms with Crippen molar-refractivity contribution in [3.05, 3.63) is 12.4 Å². The number of carbonyl (C=O) groups excluding carboxylic acids is 1. The number of amides is 1. The zero-order valence-electron chi connectivity index (χ0n) is 16.7. The van der Waals surface area contributed by atoms with Gasteiger partial charge in [0, 0.05) is 44.0 Å². The summed E-state index contributed by atoms with van der Waals surface area (Å²) < 4.78 is 12.1. The van der Waals surface area contributed by atoms with E-state index in [2.05, 4.69) is 9.97 Å². The molecule has 0 spiro atoms. The molecule has 0 bridgehead atoms. The second kappa shape index (κ2) is 7.56. The molecule has 148 valence electrons. The van der Waals surface area contributed by atoms with E-state index in [4.69, 9.17) is 20.9 Å². The van der Waals surface area contributed by atoms with Gasteiger partial charge >= 0.3 is 7.12 Å². The average Bonchev–Trinajstić information content (AvgIpc) is 2.88. The highest BCUT2D eigenvalue weighted by Crippen LogP contribution is 2.36. The van der Waals surface area contributed by atoms with Crippen LogP contribution in [0, 0.1) is 0 Å². The highest BCUT2D eigenvalue weighted by atomic mass is 35.5. The zero-order valence-corrected chi connectivity index (χ0v) is 17.5. The van der Waals surface area contributed by atoms with Crippen LogP contribution in [-0.2, 0) is 14.1 Å². The first kappa shape index (κ1) is 20.4. The summed E-state index contributed by atoms with van der Waals surface area (Å²) in [6.07, 6.45) is 5.45. The van der Waals surface area contributed by atoms with Gasteiger partial charge in [-0.2, -0.15) is 0 Å². The molecule has 2 saturated heterocycles. The van der Waals surface area contributed by atoms with Crippen LogP contribution >= 0.6 is 11.6 Å². The van der Waals surface area contributed by atoms with E-state index in [1.807, 2.05) is 44.5 Å². The summed E-state index contributed by atoms with van der Waals surface area (Å²) in [5.74, 6) is 0.627. The first-order valence-corrected chi connectivity index (χ1v) is 9.92. The Morgan fingerprint density at radius 2 is 1.89 bits per heavy atom. The van der Waals surface area contributed by atoms with Gasteiger partial charge in [0.25, 0.3) is 0 Å². The number of nitrogens with zero attached hydrogens (tertiary/aromatic N) is 4. The number of anilines is 1. The van der Waals surface area contributed by atoms with Gasteiger partial charge in [-0.15, -0.1) is 11.6 Å². The van der Waals surface area contributed by atoms with Gasteiger partial charge < -0.3 is 19.1 Å². The minimum absolute atomic E-state index is 0.0215. The lowest BCUT2D eigenvalue weighted by molar-refractivity contribution is -0.129. The fourth-order valence-electron chi connectivity index (χ4n) is 3.36. The SMILES string of the molecule is CN(c1ncc(B2OC(C)(C)C(C)(C)O2)cn1)C1CCCN(C(=O)CCl)C1. The predicted molar refractivity (Wildman–Crippen MR) is 106 cm³/mol. The lowest BCUT2D eigenvalue weighted by Crippen LogP contribution is -2.49. The molecule has 3 heterocycles. The first-order chi connectivity index (χ1) is 12.6. The number of halogens is 1. The fraction of sp³-hybridized carbons (Fsp3) is 0.722. The zero-order chi connectivity index (χ0) is 19.8. The molecule has 1 aromatic heterocycles. The summed E-state index contributed by atoms with van der Waals surface area (Å²) in [6.45, 7) is 9.49. The largest absolute Gasteiger partial charge is 0.498 e. The molecule has 0 N–H and O–H groups in total. The van der Waals surface area contributed by atoms with Gasteiger partial charge in [-0.3, -0.25) is 4.79 Å². The van der Waals surface area contributed by atoms with E-state index >= 15 is 0 Å². The van der Waals surface area contributed by atoms with Crippen LogP contribution in [0.3, 0.4) is 0 Å². The maximum absolute atomic E-state index is 11.9. The summed E-state index contributed by atoms with van der Waals surface area (Å²) >= 11 is 5.70. The molecule has 27 heavy (non-hydrogen) atoms. The summed E-state index contributed by atoms with van der Waals surface area (Å²) in [6, 6.07) is 0.175. The quantitative estimate of drug-likeness (QED) is 0.569. The van der Waals surface area contributed by atoms with Gasteiger partial charge in [0.15, 0.2) is 0 Å². The van der Waals surface area contributed by atoms with Crippen molar-refractivity contribution in [3.63, 3.8) is 0 Å². The van der Waals surface area contributed by atoms with E-state index in [0.29, 0.717) is 12.5 Å². The Hall–Kier alpha value is -1.38. The van der Waals surface area contributed by atoms with Crippen LogP contribution in [0.25, 0.3) is 0 Å². The third-order valence-corrected chi connectivity index (χ3v) is 6.14. The first-order valence-electron chi connectivity index (χ1n) is 9.39. The van der Waals surface area contributed by atoms with Crippen molar-refractivity contribution < 1.29 is 14.1 Å². The molecule has 3 rings (SSSR count). The van der Waals surface area contributed by atoms with E-state index in [-0.39, 0.29) is 17.8 Å². The molecule has 0 aromatic carbocycles. The van der Waals surface area contributed by atoms with Crippen molar-refractivity contribution in [2.24, 2.45) is 0 Å². The van der Waals surface area contributed by atoms with Gasteiger partial charge in [0.05, 0.1) is 11.2 Å². The molecule has 1 unspecified atom stereocenters. The van der Waals surface area contributed by atoms with Crippen molar-refractivity contribution in [3.8, 4) is 0 Å². The van der Waals surface area contributed by atoms with Crippen molar-refractivity contribution in [1.82, 2.24) is 14.9 Å². The third-order valence-electron chi connectivity index (χ3n) is 5.91. The standard InChI is InChI=1S/C18H28BClN4O3/c1-17(2)18(3,4)27-19(26-17)13-10-21-16(22-11-13)23(5)14-7-6-8-24(12-14)15(25)9-20/h10-11,14H,6-9,12H2,1-5H3. The number of rotatable bonds is 4. The van der Waals surface area contributed by atoms with E-state index in [1.165, 1.54) is 0 Å². The number of aromatic nitrogens is 2. The van der Waals surface area contributed by atoms with Crippen LogP contribution < -0.4 is 10.4 Å². The highest BCUT2D eigenvalue weighted by Gasteiger charge is 2.52. The number of likely N-dealkylation sites (tertiary alicyclic amines) is 1. The minimum atomic E-state index is -0.471. The second-order valence-electron chi connectivity index (χ2n) is 8.28. The maximum Gasteiger partial charge on any atom is 0.498 e. The summed E-state index contributed by atoms with van der Waals surface area (Å²) in [5.41, 5.74) is 0.00904. The molecule has 2 aliphatic rings. The minimum Gasteiger partial charge on any atom is -0.399 e. The summed E-state index contributed by atoms with van der Waals surface area (Å²) in [7, 11) is 1.49. The van der Waals surface area contributed by atoms with Crippen molar-refractivity contribution in [2.75, 3.05) is 30.9 Å². The average molecular weight is 395 g/mol. The van der Waals surface area contributed by atoms with Gasteiger partial charge in [-0.1, -0.05) is 0 Å². The van der Waals surface area contributed by atoms with Gasteiger partial charge in [-0.25, -0.2) is 9.97 Å². The van der Waals surface area contributed by atoms with Crippen LogP contribution in [0.1, 0.15) is 40.5 Å². The van der Waals surface area contributed by atoms with Crippen molar-refractivity contribution >= 4 is 36.0 Å². The molecule has 1 aromatic rings.